The van der Waals surface area contributed by atoms with Gasteiger partial charge in [0.05, 0.1) is 18.1 Å². The van der Waals surface area contributed by atoms with Crippen LogP contribution in [0.25, 0.3) is 11.6 Å². The van der Waals surface area contributed by atoms with E-state index in [1.165, 1.54) is 22.3 Å². The number of morpholine rings is 1. The molecular formula is C27H27NO3S. The topological polar surface area (TPSA) is 46.6 Å². The summed E-state index contributed by atoms with van der Waals surface area (Å²) in [6.07, 6.45) is 4.00. The Balaban J connectivity index is 1.71. The molecule has 0 spiro atoms. The molecule has 1 aliphatic heterocycles. The van der Waals surface area contributed by atoms with Crippen LogP contribution in [0.1, 0.15) is 33.4 Å². The molecule has 32 heavy (non-hydrogen) atoms. The molecule has 5 heteroatoms. The van der Waals surface area contributed by atoms with Crippen LogP contribution in [-0.2, 0) is 27.6 Å². The molecule has 5 rings (SSSR count). The summed E-state index contributed by atoms with van der Waals surface area (Å²) in [6, 6.07) is 22.6. The van der Waals surface area contributed by atoms with Crippen LogP contribution in [0.2, 0.25) is 0 Å². The molecule has 0 amide bonds. The zero-order valence-corrected chi connectivity index (χ0v) is 19.1. The summed E-state index contributed by atoms with van der Waals surface area (Å²) in [5.41, 5.74) is 7.67. The molecule has 1 aliphatic carbocycles. The Morgan fingerprint density at radius 3 is 2.06 bits per heavy atom. The van der Waals surface area contributed by atoms with Crippen molar-refractivity contribution in [2.75, 3.05) is 26.3 Å². The van der Waals surface area contributed by atoms with E-state index in [1.54, 1.807) is 10.4 Å². The van der Waals surface area contributed by atoms with Crippen molar-refractivity contribution in [1.82, 2.24) is 4.31 Å². The van der Waals surface area contributed by atoms with Crippen molar-refractivity contribution in [3.05, 3.63) is 100 Å². The highest BCUT2D eigenvalue weighted by atomic mass is 32.2. The molecule has 0 N–H and O–H groups in total. The second kappa shape index (κ2) is 8.66. The lowest BCUT2D eigenvalue weighted by molar-refractivity contribution is 0.0730. The highest BCUT2D eigenvalue weighted by Crippen LogP contribution is 2.36. The van der Waals surface area contributed by atoms with Crippen LogP contribution >= 0.6 is 0 Å². The van der Waals surface area contributed by atoms with Crippen molar-refractivity contribution in [1.29, 1.82) is 0 Å². The van der Waals surface area contributed by atoms with E-state index in [0.717, 1.165) is 29.5 Å². The maximum atomic E-state index is 13.6. The predicted octanol–water partition coefficient (Wildman–Crippen LogP) is 4.70. The van der Waals surface area contributed by atoms with Gasteiger partial charge in [0.15, 0.2) is 0 Å². The number of rotatable bonds is 3. The summed E-state index contributed by atoms with van der Waals surface area (Å²) < 4.78 is 34.1. The number of hydrogen-bond donors (Lipinski definition) is 0. The molecule has 164 valence electrons. The molecule has 0 atom stereocenters. The van der Waals surface area contributed by atoms with Gasteiger partial charge >= 0.3 is 0 Å². The van der Waals surface area contributed by atoms with E-state index in [-0.39, 0.29) is 0 Å². The third-order valence-electron chi connectivity index (χ3n) is 6.34. The van der Waals surface area contributed by atoms with Gasteiger partial charge in [-0.3, -0.25) is 0 Å². The van der Waals surface area contributed by atoms with Crippen LogP contribution in [0.15, 0.2) is 71.6 Å². The lowest BCUT2D eigenvalue weighted by Gasteiger charge is -2.27. The second-order valence-corrected chi connectivity index (χ2v) is 10.3. The molecule has 4 nitrogen and oxygen atoms in total. The number of hydrogen-bond acceptors (Lipinski definition) is 3. The van der Waals surface area contributed by atoms with E-state index >= 15 is 0 Å². The molecule has 1 heterocycles. The molecule has 1 fully saturated rings. The van der Waals surface area contributed by atoms with Gasteiger partial charge in [-0.25, -0.2) is 8.42 Å². The van der Waals surface area contributed by atoms with Gasteiger partial charge in [-0.1, -0.05) is 60.7 Å². The lowest BCUT2D eigenvalue weighted by atomic mass is 9.92. The summed E-state index contributed by atoms with van der Waals surface area (Å²) in [5.74, 6) is 0. The average molecular weight is 446 g/mol. The van der Waals surface area contributed by atoms with Crippen LogP contribution in [0.3, 0.4) is 0 Å². The SMILES string of the molecule is Cc1ccc(C=C2c3ccccc3CCc3ccccc32)c(S(=O)(=O)N2CCOCC2)c1. The molecule has 0 unspecified atom stereocenters. The van der Waals surface area contributed by atoms with E-state index in [1.807, 2.05) is 19.1 Å². The first-order valence-electron chi connectivity index (χ1n) is 11.1. The monoisotopic (exact) mass is 445 g/mol. The van der Waals surface area contributed by atoms with Crippen molar-refractivity contribution in [3.8, 4) is 0 Å². The van der Waals surface area contributed by atoms with Crippen molar-refractivity contribution in [2.24, 2.45) is 0 Å². The molecule has 3 aromatic carbocycles. The second-order valence-electron chi connectivity index (χ2n) is 8.43. The maximum absolute atomic E-state index is 13.6. The van der Waals surface area contributed by atoms with Crippen molar-refractivity contribution in [2.45, 2.75) is 24.7 Å². The Labute approximate surface area is 190 Å². The van der Waals surface area contributed by atoms with Gasteiger partial charge in [0.25, 0.3) is 0 Å². The normalized spacial score (nSPS) is 16.7. The number of sulfonamides is 1. The van der Waals surface area contributed by atoms with Crippen molar-refractivity contribution >= 4 is 21.7 Å². The summed E-state index contributed by atoms with van der Waals surface area (Å²) in [5, 5.41) is 0. The minimum Gasteiger partial charge on any atom is -0.379 e. The molecule has 2 aliphatic rings. The maximum Gasteiger partial charge on any atom is 0.243 e. The van der Waals surface area contributed by atoms with E-state index < -0.39 is 10.0 Å². The molecule has 0 radical (unpaired) electrons. The van der Waals surface area contributed by atoms with Gasteiger partial charge in [0, 0.05) is 13.1 Å². The first-order valence-corrected chi connectivity index (χ1v) is 12.5. The summed E-state index contributed by atoms with van der Waals surface area (Å²) in [7, 11) is -3.62. The van der Waals surface area contributed by atoms with Crippen LogP contribution in [-0.4, -0.2) is 39.0 Å². The first kappa shape index (κ1) is 21.1. The van der Waals surface area contributed by atoms with Gasteiger partial charge in [0.2, 0.25) is 10.0 Å². The third-order valence-corrected chi connectivity index (χ3v) is 8.29. The zero-order valence-electron chi connectivity index (χ0n) is 18.3. The molecule has 0 aromatic heterocycles. The standard InChI is InChI=1S/C27H27NO3S/c1-20-10-11-23(27(18-20)32(29,30)28-14-16-31-17-15-28)19-26-24-8-4-2-6-21(24)12-13-22-7-3-5-9-25(22)26/h2-11,18-19H,12-17H2,1H3. The molecule has 0 saturated carbocycles. The Morgan fingerprint density at radius 1 is 0.844 bits per heavy atom. The largest absolute Gasteiger partial charge is 0.379 e. The van der Waals surface area contributed by atoms with Crippen molar-refractivity contribution < 1.29 is 13.2 Å². The summed E-state index contributed by atoms with van der Waals surface area (Å²) >= 11 is 0. The third kappa shape index (κ3) is 3.92. The molecule has 0 bridgehead atoms. The van der Waals surface area contributed by atoms with Gasteiger partial charge in [0.1, 0.15) is 0 Å². The van der Waals surface area contributed by atoms with Gasteiger partial charge < -0.3 is 4.74 Å². The summed E-state index contributed by atoms with van der Waals surface area (Å²) in [6.45, 7) is 3.58. The zero-order chi connectivity index (χ0) is 22.1. The Bertz CT molecular complexity index is 1240. The number of fused-ring (bicyclic) bond motifs is 2. The van der Waals surface area contributed by atoms with Crippen LogP contribution < -0.4 is 0 Å². The number of nitrogens with zero attached hydrogens (tertiary/aromatic N) is 1. The Kier molecular flexibility index (Phi) is 5.72. The highest BCUT2D eigenvalue weighted by molar-refractivity contribution is 7.89. The smallest absolute Gasteiger partial charge is 0.243 e. The molecule has 3 aromatic rings. The van der Waals surface area contributed by atoms with Crippen LogP contribution in [0, 0.1) is 6.92 Å². The van der Waals surface area contributed by atoms with Gasteiger partial charge in [-0.15, -0.1) is 0 Å². The lowest BCUT2D eigenvalue weighted by Crippen LogP contribution is -2.40. The van der Waals surface area contributed by atoms with Crippen LogP contribution in [0.4, 0.5) is 0 Å². The minimum atomic E-state index is -3.62. The quantitative estimate of drug-likeness (QED) is 0.587. The Hall–Kier alpha value is -2.73. The summed E-state index contributed by atoms with van der Waals surface area (Å²) in [4.78, 5) is 0.367. The van der Waals surface area contributed by atoms with Gasteiger partial charge in [-0.2, -0.15) is 4.31 Å². The molecular weight excluding hydrogens is 418 g/mol. The average Bonchev–Trinajstić information content (AvgIpc) is 2.98. The fourth-order valence-corrected chi connectivity index (χ4v) is 6.31. The van der Waals surface area contributed by atoms with E-state index in [9.17, 15) is 8.42 Å². The molecule has 1 saturated heterocycles. The van der Waals surface area contributed by atoms with E-state index in [0.29, 0.717) is 31.2 Å². The van der Waals surface area contributed by atoms with E-state index in [2.05, 4.69) is 54.6 Å². The minimum absolute atomic E-state index is 0.367. The number of ether oxygens (including phenoxy) is 1. The fourth-order valence-electron chi connectivity index (χ4n) is 4.64. The fraction of sp³-hybridized carbons (Fsp3) is 0.259. The van der Waals surface area contributed by atoms with Crippen LogP contribution in [0.5, 0.6) is 0 Å². The van der Waals surface area contributed by atoms with E-state index in [4.69, 9.17) is 4.74 Å². The van der Waals surface area contributed by atoms with Crippen molar-refractivity contribution in [3.63, 3.8) is 0 Å². The number of aryl methyl sites for hydroxylation is 3. The first-order chi connectivity index (χ1) is 15.5. The Morgan fingerprint density at radius 2 is 1.44 bits per heavy atom. The van der Waals surface area contributed by atoms with Gasteiger partial charge in [-0.05, 0) is 70.9 Å². The number of benzene rings is 3. The highest BCUT2D eigenvalue weighted by Gasteiger charge is 2.29. The predicted molar refractivity (Wildman–Crippen MR) is 128 cm³/mol.